The van der Waals surface area contributed by atoms with Gasteiger partial charge in [0.15, 0.2) is 0 Å². The normalized spacial score (nSPS) is 24.2. The lowest BCUT2D eigenvalue weighted by Gasteiger charge is -2.40. The van der Waals surface area contributed by atoms with Crippen molar-refractivity contribution in [2.75, 3.05) is 55.5 Å². The summed E-state index contributed by atoms with van der Waals surface area (Å²) in [6, 6.07) is 29.3. The first-order valence-electron chi connectivity index (χ1n) is 20.6. The molecule has 2 aliphatic rings. The molecule has 0 spiro atoms. The maximum Gasteiger partial charge on any atom is 0.126 e. The number of hydrogen-bond acceptors (Lipinski definition) is 6. The second-order valence-electron chi connectivity index (χ2n) is 16.6. The summed E-state index contributed by atoms with van der Waals surface area (Å²) in [4.78, 5) is 4.32. The van der Waals surface area contributed by atoms with Crippen LogP contribution < -0.4 is 9.47 Å². The Labute approximate surface area is 341 Å². The maximum atomic E-state index is 14.0. The monoisotopic (exact) mass is 776 g/mol. The minimum atomic E-state index is -1.14. The molecule has 0 heterocycles. The van der Waals surface area contributed by atoms with Gasteiger partial charge in [0.25, 0.3) is 0 Å². The molecule has 6 rings (SSSR count). The lowest BCUT2D eigenvalue weighted by Crippen LogP contribution is -2.42. The largest absolute Gasteiger partial charge is 0.497 e. The summed E-state index contributed by atoms with van der Waals surface area (Å²) >= 11 is 0. The van der Waals surface area contributed by atoms with E-state index in [1.165, 1.54) is 6.07 Å². The van der Waals surface area contributed by atoms with E-state index < -0.39 is 11.2 Å². The molecule has 2 aliphatic carbocycles. The molecule has 2 fully saturated rings. The van der Waals surface area contributed by atoms with Gasteiger partial charge in [-0.3, -0.25) is 0 Å². The highest BCUT2D eigenvalue weighted by atomic mass is 19.1. The van der Waals surface area contributed by atoms with Crippen molar-refractivity contribution in [2.24, 2.45) is 11.8 Å². The van der Waals surface area contributed by atoms with Crippen molar-refractivity contribution < 1.29 is 24.1 Å². The van der Waals surface area contributed by atoms with Crippen LogP contribution in [0.2, 0.25) is 0 Å². The molecule has 0 aliphatic heterocycles. The van der Waals surface area contributed by atoms with Crippen LogP contribution in [0.5, 0.6) is 11.5 Å². The fraction of sp³-hybridized carbons (Fsp3) is 0.440. The van der Waals surface area contributed by atoms with Gasteiger partial charge in [-0.2, -0.15) is 0 Å². The van der Waals surface area contributed by atoms with Gasteiger partial charge < -0.3 is 29.5 Å². The van der Waals surface area contributed by atoms with Gasteiger partial charge in [0.05, 0.1) is 14.2 Å². The minimum Gasteiger partial charge on any atom is -0.497 e. The third kappa shape index (κ3) is 10.6. The summed E-state index contributed by atoms with van der Waals surface area (Å²) < 4.78 is 24.8. The Morgan fingerprint density at radius 3 is 1.63 bits per heavy atom. The van der Waals surface area contributed by atoms with Crippen molar-refractivity contribution in [3.8, 4) is 11.5 Å². The number of halogens is 1. The number of aryl methyl sites for hydroxylation is 2. The molecule has 2 saturated carbocycles. The van der Waals surface area contributed by atoms with Crippen LogP contribution in [0.1, 0.15) is 84.7 Å². The lowest BCUT2D eigenvalue weighted by atomic mass is 9.72. The molecule has 4 aromatic rings. The van der Waals surface area contributed by atoms with Gasteiger partial charge >= 0.3 is 0 Å². The van der Waals surface area contributed by atoms with Crippen LogP contribution in [0.25, 0.3) is 12.2 Å². The lowest BCUT2D eigenvalue weighted by molar-refractivity contribution is -0.0000890. The zero-order valence-corrected chi connectivity index (χ0v) is 35.5. The zero-order valence-electron chi connectivity index (χ0n) is 35.5. The molecule has 4 unspecified atom stereocenters. The Kier molecular flexibility index (Phi) is 15.3. The van der Waals surface area contributed by atoms with Crippen LogP contribution in [-0.2, 0) is 11.2 Å². The van der Waals surface area contributed by atoms with Crippen molar-refractivity contribution in [3.63, 3.8) is 0 Å². The number of ether oxygens (including phenoxy) is 2. The summed E-state index contributed by atoms with van der Waals surface area (Å²) in [7, 11) is 11.6. The second kappa shape index (κ2) is 19.9. The van der Waals surface area contributed by atoms with E-state index in [1.54, 1.807) is 27.2 Å². The number of benzene rings is 4. The van der Waals surface area contributed by atoms with Crippen LogP contribution in [0.4, 0.5) is 4.39 Å². The van der Waals surface area contributed by atoms with E-state index >= 15 is 0 Å². The van der Waals surface area contributed by atoms with Gasteiger partial charge in [0.1, 0.15) is 28.5 Å². The number of nitrogens with zero attached hydrogens (tertiary/aromatic N) is 2. The predicted octanol–water partition coefficient (Wildman–Crippen LogP) is 10.2. The Morgan fingerprint density at radius 1 is 0.632 bits per heavy atom. The summed E-state index contributed by atoms with van der Waals surface area (Å²) in [6.07, 6.45) is 12.3. The van der Waals surface area contributed by atoms with Crippen LogP contribution in [-0.4, -0.2) is 75.5 Å². The van der Waals surface area contributed by atoms with Gasteiger partial charge in [-0.15, -0.1) is 0 Å². The molecule has 0 saturated heterocycles. The highest BCUT2D eigenvalue weighted by Crippen LogP contribution is 2.47. The SMILES string of the molecule is COc1cccc(C=C2CCCCC(CN(C)C)C2(O)c2ccc(F)c(C)c2)c1.COc1cccc(C=C2CCCCC(CN(C)C)C2(O)c2ccccc2C)c1. The molecule has 7 heteroatoms. The average molecular weight is 777 g/mol. The molecule has 306 valence electrons. The second-order valence-corrected chi connectivity index (χ2v) is 16.6. The summed E-state index contributed by atoms with van der Waals surface area (Å²) in [5, 5.41) is 24.6. The Hall–Kier alpha value is -4.27. The molecule has 6 nitrogen and oxygen atoms in total. The van der Waals surface area contributed by atoms with Gasteiger partial charge in [-0.25, -0.2) is 4.39 Å². The zero-order chi connectivity index (χ0) is 41.2. The molecule has 4 atom stereocenters. The molecule has 4 aromatic carbocycles. The van der Waals surface area contributed by atoms with E-state index in [2.05, 4.69) is 61.2 Å². The van der Waals surface area contributed by atoms with E-state index in [0.29, 0.717) is 5.56 Å². The van der Waals surface area contributed by atoms with Gasteiger partial charge in [-0.1, -0.05) is 79.6 Å². The third-order valence-electron chi connectivity index (χ3n) is 11.9. The molecule has 2 N–H and O–H groups in total. The first-order chi connectivity index (χ1) is 27.3. The van der Waals surface area contributed by atoms with E-state index in [-0.39, 0.29) is 17.7 Å². The first kappa shape index (κ1) is 43.8. The minimum absolute atomic E-state index is 0.0294. The van der Waals surface area contributed by atoms with E-state index in [0.717, 1.165) is 115 Å². The summed E-state index contributed by atoms with van der Waals surface area (Å²) in [5.74, 6) is 1.57. The Bertz CT molecular complexity index is 1990. The summed E-state index contributed by atoms with van der Waals surface area (Å²) in [6.45, 7) is 5.49. The van der Waals surface area contributed by atoms with Crippen molar-refractivity contribution in [1.29, 1.82) is 0 Å². The van der Waals surface area contributed by atoms with Crippen molar-refractivity contribution in [2.45, 2.75) is 76.4 Å². The van der Waals surface area contributed by atoms with Gasteiger partial charge in [-0.05, 0) is 161 Å². The fourth-order valence-corrected chi connectivity index (χ4v) is 8.99. The standard InChI is InChI=1S/C25H32FNO2.C25H33NO2/c1-18-14-21(12-13-24(18)26)25(28)20(9-5-6-10-22(25)17-27(2)3)15-19-8-7-11-23(16-19)29-4;1-19-10-5-8-15-24(19)25(27)21(12-6-7-13-22(25)18-26(2)3)16-20-11-9-14-23(17-20)28-4/h7-8,11-16,22,28H,5-6,9-10,17H2,1-4H3;5,8-11,14-17,22,27H,6-7,12-13,18H2,1-4H3. The quantitative estimate of drug-likeness (QED) is 0.156. The molecular weight excluding hydrogens is 712 g/mol. The van der Waals surface area contributed by atoms with E-state index in [1.807, 2.05) is 74.8 Å². The number of hydrogen-bond donors (Lipinski definition) is 2. The smallest absolute Gasteiger partial charge is 0.126 e. The van der Waals surface area contributed by atoms with Gasteiger partial charge in [0, 0.05) is 24.9 Å². The molecule has 0 radical (unpaired) electrons. The number of aliphatic hydroxyl groups is 2. The van der Waals surface area contributed by atoms with Crippen LogP contribution in [0.15, 0.2) is 102 Å². The highest BCUT2D eigenvalue weighted by Gasteiger charge is 2.44. The number of methoxy groups -OCH3 is 2. The van der Waals surface area contributed by atoms with Crippen LogP contribution >= 0.6 is 0 Å². The van der Waals surface area contributed by atoms with Crippen LogP contribution in [0, 0.1) is 31.5 Å². The van der Waals surface area contributed by atoms with Crippen LogP contribution in [0.3, 0.4) is 0 Å². The number of rotatable bonds is 10. The maximum absolute atomic E-state index is 14.0. The molecule has 0 bridgehead atoms. The van der Waals surface area contributed by atoms with Crippen molar-refractivity contribution >= 4 is 12.2 Å². The Balaban J connectivity index is 0.000000218. The average Bonchev–Trinajstić information content (AvgIpc) is 3.44. The molecule has 57 heavy (non-hydrogen) atoms. The van der Waals surface area contributed by atoms with E-state index in [4.69, 9.17) is 9.47 Å². The molecule has 0 amide bonds. The molecule has 0 aromatic heterocycles. The van der Waals surface area contributed by atoms with Crippen molar-refractivity contribution in [3.05, 3.63) is 141 Å². The summed E-state index contributed by atoms with van der Waals surface area (Å²) in [5.41, 5.74) is 5.60. The topological polar surface area (TPSA) is 65.4 Å². The predicted molar refractivity (Wildman–Crippen MR) is 233 cm³/mol. The fourth-order valence-electron chi connectivity index (χ4n) is 8.99. The van der Waals surface area contributed by atoms with Gasteiger partial charge in [0.2, 0.25) is 0 Å². The third-order valence-corrected chi connectivity index (χ3v) is 11.9. The highest BCUT2D eigenvalue weighted by molar-refractivity contribution is 5.60. The van der Waals surface area contributed by atoms with Crippen molar-refractivity contribution in [1.82, 2.24) is 9.80 Å². The van der Waals surface area contributed by atoms with E-state index in [9.17, 15) is 14.6 Å². The first-order valence-corrected chi connectivity index (χ1v) is 20.6. The Morgan fingerprint density at radius 2 is 1.14 bits per heavy atom. The molecular formula is C50H65FN2O4.